The van der Waals surface area contributed by atoms with Gasteiger partial charge in [-0.25, -0.2) is 9.97 Å². The van der Waals surface area contributed by atoms with Crippen molar-refractivity contribution < 1.29 is 4.79 Å². The van der Waals surface area contributed by atoms with E-state index in [2.05, 4.69) is 49.5 Å². The van der Waals surface area contributed by atoms with Gasteiger partial charge in [0.05, 0.1) is 5.69 Å². The molecule has 1 fully saturated rings. The summed E-state index contributed by atoms with van der Waals surface area (Å²) in [5.41, 5.74) is 2.82. The first-order valence-electron chi connectivity index (χ1n) is 9.31. The van der Waals surface area contributed by atoms with Crippen LogP contribution in [-0.2, 0) is 0 Å². The molecule has 1 atom stereocenters. The maximum absolute atomic E-state index is 11.9. The van der Waals surface area contributed by atoms with Crippen LogP contribution in [-0.4, -0.2) is 52.3 Å². The number of anilines is 2. The van der Waals surface area contributed by atoms with Crippen LogP contribution in [0.3, 0.4) is 0 Å². The summed E-state index contributed by atoms with van der Waals surface area (Å²) in [6.07, 6.45) is 0.964. The van der Waals surface area contributed by atoms with Gasteiger partial charge in [0.15, 0.2) is 0 Å². The number of rotatable bonds is 5. The Morgan fingerprint density at radius 3 is 2.63 bits per heavy atom. The number of aryl methyl sites for hydroxylation is 1. The SMILES string of the molecule is CNC(=O)c1nc(C)c(C)c(N2CC[C@@H](Nc3ccc(C(C)C)nn3)C2)n1. The van der Waals surface area contributed by atoms with Crippen LogP contribution in [0.25, 0.3) is 0 Å². The zero-order chi connectivity index (χ0) is 19.6. The Kier molecular flexibility index (Phi) is 5.53. The molecule has 2 aromatic rings. The standard InChI is InChI=1S/C19H27N7O/c1-11(2)15-6-7-16(25-24-15)22-14-8-9-26(10-14)18-12(3)13(4)21-17(23-18)19(27)20-5/h6-7,11,14H,8-10H2,1-5H3,(H,20,27)(H,22,25)/t14-/m1/s1. The second-order valence-electron chi connectivity index (χ2n) is 7.23. The fourth-order valence-electron chi connectivity index (χ4n) is 3.14. The van der Waals surface area contributed by atoms with E-state index < -0.39 is 0 Å². The number of hydrogen-bond donors (Lipinski definition) is 2. The van der Waals surface area contributed by atoms with Crippen LogP contribution >= 0.6 is 0 Å². The molecule has 1 saturated heterocycles. The summed E-state index contributed by atoms with van der Waals surface area (Å²) in [5.74, 6) is 1.92. The third kappa shape index (κ3) is 4.15. The van der Waals surface area contributed by atoms with Crippen molar-refractivity contribution in [1.29, 1.82) is 0 Å². The summed E-state index contributed by atoms with van der Waals surface area (Å²) in [6.45, 7) is 9.76. The summed E-state index contributed by atoms with van der Waals surface area (Å²) in [4.78, 5) is 22.9. The first-order chi connectivity index (χ1) is 12.9. The number of nitrogens with one attached hydrogen (secondary N) is 2. The van der Waals surface area contributed by atoms with Crippen molar-refractivity contribution >= 4 is 17.5 Å². The maximum Gasteiger partial charge on any atom is 0.288 e. The van der Waals surface area contributed by atoms with Gasteiger partial charge >= 0.3 is 0 Å². The largest absolute Gasteiger partial charge is 0.364 e. The number of hydrogen-bond acceptors (Lipinski definition) is 7. The Bertz CT molecular complexity index is 820. The molecule has 27 heavy (non-hydrogen) atoms. The lowest BCUT2D eigenvalue weighted by atomic mass is 10.1. The van der Waals surface area contributed by atoms with Crippen molar-refractivity contribution in [1.82, 2.24) is 25.5 Å². The molecule has 0 spiro atoms. The molecule has 0 saturated carbocycles. The molecule has 0 bridgehead atoms. The predicted octanol–water partition coefficient (Wildman–Crippen LogP) is 2.06. The van der Waals surface area contributed by atoms with Gasteiger partial charge < -0.3 is 15.5 Å². The van der Waals surface area contributed by atoms with Gasteiger partial charge in [-0.1, -0.05) is 13.8 Å². The summed E-state index contributed by atoms with van der Waals surface area (Å²) in [7, 11) is 1.59. The van der Waals surface area contributed by atoms with Gasteiger partial charge in [0.1, 0.15) is 11.6 Å². The van der Waals surface area contributed by atoms with E-state index in [9.17, 15) is 4.79 Å². The van der Waals surface area contributed by atoms with E-state index >= 15 is 0 Å². The first-order valence-corrected chi connectivity index (χ1v) is 9.31. The Balaban J connectivity index is 1.72. The molecule has 1 amide bonds. The molecule has 0 aromatic carbocycles. The monoisotopic (exact) mass is 369 g/mol. The highest BCUT2D eigenvalue weighted by Crippen LogP contribution is 2.25. The quantitative estimate of drug-likeness (QED) is 0.833. The highest BCUT2D eigenvalue weighted by atomic mass is 16.2. The summed E-state index contributed by atoms with van der Waals surface area (Å²) >= 11 is 0. The van der Waals surface area contributed by atoms with Crippen LogP contribution in [0, 0.1) is 13.8 Å². The van der Waals surface area contributed by atoms with Gasteiger partial charge in [-0.2, -0.15) is 5.10 Å². The van der Waals surface area contributed by atoms with Crippen molar-refractivity contribution in [3.05, 3.63) is 34.9 Å². The van der Waals surface area contributed by atoms with Crippen molar-refractivity contribution in [2.24, 2.45) is 0 Å². The lowest BCUT2D eigenvalue weighted by molar-refractivity contribution is 0.0952. The molecule has 0 aliphatic carbocycles. The molecule has 1 aliphatic rings. The highest BCUT2D eigenvalue weighted by Gasteiger charge is 2.26. The molecule has 144 valence electrons. The Hall–Kier alpha value is -2.77. The van der Waals surface area contributed by atoms with Crippen molar-refractivity contribution in [3.63, 3.8) is 0 Å². The summed E-state index contributed by atoms with van der Waals surface area (Å²) < 4.78 is 0. The van der Waals surface area contributed by atoms with Gasteiger partial charge in [-0.15, -0.1) is 5.10 Å². The van der Waals surface area contributed by atoms with E-state index in [0.717, 1.165) is 48.1 Å². The predicted molar refractivity (Wildman–Crippen MR) is 105 cm³/mol. The number of carbonyl (C=O) groups excluding carboxylic acids is 1. The van der Waals surface area contributed by atoms with E-state index in [1.54, 1.807) is 7.05 Å². The van der Waals surface area contributed by atoms with Gasteiger partial charge in [-0.05, 0) is 38.3 Å². The molecule has 3 rings (SSSR count). The van der Waals surface area contributed by atoms with Crippen LogP contribution in [0.1, 0.15) is 53.8 Å². The molecular weight excluding hydrogens is 342 g/mol. The van der Waals surface area contributed by atoms with Crippen LogP contribution in [0.15, 0.2) is 12.1 Å². The lowest BCUT2D eigenvalue weighted by Gasteiger charge is -2.21. The average molecular weight is 369 g/mol. The number of amides is 1. The molecule has 2 N–H and O–H groups in total. The zero-order valence-electron chi connectivity index (χ0n) is 16.6. The van der Waals surface area contributed by atoms with Crippen LogP contribution in [0.4, 0.5) is 11.6 Å². The van der Waals surface area contributed by atoms with Crippen LogP contribution < -0.4 is 15.5 Å². The van der Waals surface area contributed by atoms with E-state index in [1.165, 1.54) is 0 Å². The average Bonchev–Trinajstić information content (AvgIpc) is 3.11. The first kappa shape index (κ1) is 19.0. The topological polar surface area (TPSA) is 95.9 Å². The van der Waals surface area contributed by atoms with Crippen molar-refractivity contribution in [3.8, 4) is 0 Å². The zero-order valence-corrected chi connectivity index (χ0v) is 16.6. The molecule has 0 radical (unpaired) electrons. The van der Waals surface area contributed by atoms with E-state index in [-0.39, 0.29) is 17.8 Å². The molecule has 1 aliphatic heterocycles. The third-order valence-corrected chi connectivity index (χ3v) is 4.91. The third-order valence-electron chi connectivity index (χ3n) is 4.91. The van der Waals surface area contributed by atoms with E-state index in [1.807, 2.05) is 26.0 Å². The molecule has 2 aromatic heterocycles. The minimum absolute atomic E-state index is 0.210. The molecular formula is C19H27N7O. The lowest BCUT2D eigenvalue weighted by Crippen LogP contribution is -2.29. The smallest absolute Gasteiger partial charge is 0.288 e. The molecule has 8 heteroatoms. The fourth-order valence-corrected chi connectivity index (χ4v) is 3.14. The van der Waals surface area contributed by atoms with Crippen molar-refractivity contribution in [2.75, 3.05) is 30.4 Å². The fraction of sp³-hybridized carbons (Fsp3) is 0.526. The minimum Gasteiger partial charge on any atom is -0.364 e. The van der Waals surface area contributed by atoms with E-state index in [0.29, 0.717) is 5.92 Å². The maximum atomic E-state index is 11.9. The Morgan fingerprint density at radius 1 is 1.22 bits per heavy atom. The highest BCUT2D eigenvalue weighted by molar-refractivity contribution is 5.90. The molecule has 8 nitrogen and oxygen atoms in total. The number of nitrogens with zero attached hydrogens (tertiary/aromatic N) is 5. The van der Waals surface area contributed by atoms with Gasteiger partial charge in [0, 0.05) is 37.4 Å². The van der Waals surface area contributed by atoms with Crippen molar-refractivity contribution in [2.45, 2.75) is 46.1 Å². The molecule has 0 unspecified atom stereocenters. The molecule has 3 heterocycles. The van der Waals surface area contributed by atoms with Crippen LogP contribution in [0.2, 0.25) is 0 Å². The van der Waals surface area contributed by atoms with Gasteiger partial charge in [-0.3, -0.25) is 4.79 Å². The number of carbonyl (C=O) groups is 1. The van der Waals surface area contributed by atoms with E-state index in [4.69, 9.17) is 0 Å². The summed E-state index contributed by atoms with van der Waals surface area (Å²) in [5, 5.41) is 14.6. The Labute approximate surface area is 159 Å². The Morgan fingerprint density at radius 2 is 2.00 bits per heavy atom. The van der Waals surface area contributed by atoms with Gasteiger partial charge in [0.2, 0.25) is 5.82 Å². The second-order valence-corrected chi connectivity index (χ2v) is 7.23. The number of aromatic nitrogens is 4. The van der Waals surface area contributed by atoms with Crippen LogP contribution in [0.5, 0.6) is 0 Å². The minimum atomic E-state index is -0.270. The second kappa shape index (κ2) is 7.85. The normalized spacial score (nSPS) is 16.7. The summed E-state index contributed by atoms with van der Waals surface area (Å²) in [6, 6.07) is 4.25. The van der Waals surface area contributed by atoms with Gasteiger partial charge in [0.25, 0.3) is 5.91 Å².